The Morgan fingerprint density at radius 2 is 1.72 bits per heavy atom. The van der Waals surface area contributed by atoms with E-state index in [4.69, 9.17) is 10.1 Å². The number of aryl methyl sites for hydroxylation is 2. The van der Waals surface area contributed by atoms with Gasteiger partial charge in [0.1, 0.15) is 18.5 Å². The second-order valence-corrected chi connectivity index (χ2v) is 7.42. The Hall–Kier alpha value is -2.24. The zero-order chi connectivity index (χ0) is 19.9. The first-order valence-corrected chi connectivity index (χ1v) is 10.2. The summed E-state index contributed by atoms with van der Waals surface area (Å²) < 4.78 is 9.68. The van der Waals surface area contributed by atoms with Gasteiger partial charge in [0.2, 0.25) is 5.62 Å². The lowest BCUT2D eigenvalue weighted by molar-refractivity contribution is 0.0920. The van der Waals surface area contributed by atoms with Gasteiger partial charge >= 0.3 is 0 Å². The summed E-state index contributed by atoms with van der Waals surface area (Å²) >= 11 is 0. The van der Waals surface area contributed by atoms with Gasteiger partial charge in [0.25, 0.3) is 0 Å². The molecule has 1 heterocycles. The minimum atomic E-state index is -0.686. The fraction of sp³-hybridized carbons (Fsp3) is 0.435. The van der Waals surface area contributed by atoms with Crippen LogP contribution in [0.15, 0.2) is 48.5 Å². The molecule has 0 amide bonds. The summed E-state index contributed by atoms with van der Waals surface area (Å²) in [5.41, 5.74) is 3.60. The third kappa shape index (κ3) is 5.87. The first kappa shape index (κ1) is 23.0. The number of fused-ring (bicyclic) bond motifs is 1. The highest BCUT2D eigenvalue weighted by Crippen LogP contribution is 2.16. The SMILES string of the molecule is CCCCCCn1c(=N)n(CC(O)COc2cccc(C)c2)c2ccccc21.Cl. The first-order valence-electron chi connectivity index (χ1n) is 10.2. The molecule has 158 valence electrons. The summed E-state index contributed by atoms with van der Waals surface area (Å²) in [5.74, 6) is 0.758. The maximum absolute atomic E-state index is 10.5. The number of nitrogens with zero attached hydrogens (tertiary/aromatic N) is 2. The number of para-hydroxylation sites is 2. The molecule has 0 aliphatic carbocycles. The Kier molecular flexibility index (Phi) is 8.80. The molecule has 0 saturated heterocycles. The van der Waals surface area contributed by atoms with Crippen LogP contribution >= 0.6 is 12.4 Å². The van der Waals surface area contributed by atoms with Crippen molar-refractivity contribution in [1.82, 2.24) is 9.13 Å². The van der Waals surface area contributed by atoms with Crippen LogP contribution < -0.4 is 10.4 Å². The summed E-state index contributed by atoms with van der Waals surface area (Å²) in [6.07, 6.45) is 3.98. The van der Waals surface area contributed by atoms with Crippen LogP contribution in [0.2, 0.25) is 0 Å². The second-order valence-electron chi connectivity index (χ2n) is 7.42. The zero-order valence-electron chi connectivity index (χ0n) is 17.3. The van der Waals surface area contributed by atoms with Crippen molar-refractivity contribution in [3.8, 4) is 5.75 Å². The Labute approximate surface area is 178 Å². The normalized spacial score (nSPS) is 12.0. The highest BCUT2D eigenvalue weighted by molar-refractivity contribution is 5.85. The van der Waals surface area contributed by atoms with E-state index in [1.807, 2.05) is 54.0 Å². The van der Waals surface area contributed by atoms with Gasteiger partial charge in [-0.2, -0.15) is 0 Å². The Morgan fingerprint density at radius 3 is 2.41 bits per heavy atom. The van der Waals surface area contributed by atoms with Gasteiger partial charge in [0.05, 0.1) is 17.6 Å². The monoisotopic (exact) mass is 417 g/mol. The number of ether oxygens (including phenoxy) is 1. The molecular formula is C23H32ClN3O2. The van der Waals surface area contributed by atoms with Gasteiger partial charge in [-0.25, -0.2) is 0 Å². The zero-order valence-corrected chi connectivity index (χ0v) is 18.1. The number of hydrogen-bond donors (Lipinski definition) is 2. The summed E-state index contributed by atoms with van der Waals surface area (Å²) in [6.45, 7) is 5.59. The Balaban J connectivity index is 0.00000300. The van der Waals surface area contributed by atoms with Crippen LogP contribution in [0.25, 0.3) is 11.0 Å². The number of hydrogen-bond acceptors (Lipinski definition) is 3. The molecule has 5 nitrogen and oxygen atoms in total. The molecular weight excluding hydrogens is 386 g/mol. The average molecular weight is 418 g/mol. The average Bonchev–Trinajstić information content (AvgIpc) is 2.95. The van der Waals surface area contributed by atoms with E-state index in [1.54, 1.807) is 0 Å². The molecule has 2 aromatic carbocycles. The predicted molar refractivity (Wildman–Crippen MR) is 120 cm³/mol. The summed E-state index contributed by atoms with van der Waals surface area (Å²) in [7, 11) is 0. The Bertz CT molecular complexity index is 964. The van der Waals surface area contributed by atoms with E-state index in [-0.39, 0.29) is 19.0 Å². The molecule has 0 radical (unpaired) electrons. The molecule has 0 fully saturated rings. The third-order valence-electron chi connectivity index (χ3n) is 5.04. The number of nitrogens with one attached hydrogen (secondary N) is 1. The van der Waals surface area contributed by atoms with Gasteiger partial charge in [-0.1, -0.05) is 50.5 Å². The number of aliphatic hydroxyl groups is 1. The van der Waals surface area contributed by atoms with E-state index in [1.165, 1.54) is 19.3 Å². The number of aliphatic hydroxyl groups excluding tert-OH is 1. The van der Waals surface area contributed by atoms with Crippen molar-refractivity contribution >= 4 is 23.4 Å². The maximum Gasteiger partial charge on any atom is 0.203 e. The largest absolute Gasteiger partial charge is 0.491 e. The predicted octanol–water partition coefficient (Wildman–Crippen LogP) is 4.67. The third-order valence-corrected chi connectivity index (χ3v) is 5.04. The van der Waals surface area contributed by atoms with E-state index in [0.717, 1.165) is 35.3 Å². The van der Waals surface area contributed by atoms with Crippen LogP contribution in [0.5, 0.6) is 5.75 Å². The fourth-order valence-electron chi connectivity index (χ4n) is 3.56. The molecule has 6 heteroatoms. The minimum absolute atomic E-state index is 0. The van der Waals surface area contributed by atoms with Gasteiger partial charge in [-0.15, -0.1) is 12.4 Å². The van der Waals surface area contributed by atoms with Gasteiger partial charge in [-0.05, 0) is 43.2 Å². The summed E-state index contributed by atoms with van der Waals surface area (Å²) in [4.78, 5) is 0. The molecule has 1 aromatic heterocycles. The van der Waals surface area contributed by atoms with Crippen LogP contribution in [0, 0.1) is 12.3 Å². The molecule has 3 rings (SSSR count). The van der Waals surface area contributed by atoms with Gasteiger partial charge < -0.3 is 19.0 Å². The number of aromatic nitrogens is 2. The maximum atomic E-state index is 10.5. The van der Waals surface area contributed by atoms with Crippen LogP contribution in [0.1, 0.15) is 38.2 Å². The molecule has 2 N–H and O–H groups in total. The lowest BCUT2D eigenvalue weighted by Crippen LogP contribution is -2.31. The van der Waals surface area contributed by atoms with Crippen LogP contribution in [0.3, 0.4) is 0 Å². The van der Waals surface area contributed by atoms with E-state index < -0.39 is 6.10 Å². The van der Waals surface area contributed by atoms with E-state index in [9.17, 15) is 5.11 Å². The number of unbranched alkanes of at least 4 members (excludes halogenated alkanes) is 3. The summed E-state index contributed by atoms with van der Waals surface area (Å²) in [5, 5.41) is 19.2. The number of halogens is 1. The molecule has 3 aromatic rings. The van der Waals surface area contributed by atoms with Crippen molar-refractivity contribution in [1.29, 1.82) is 5.41 Å². The lowest BCUT2D eigenvalue weighted by Gasteiger charge is -2.14. The van der Waals surface area contributed by atoms with E-state index in [2.05, 4.69) is 17.6 Å². The fourth-order valence-corrected chi connectivity index (χ4v) is 3.56. The molecule has 0 bridgehead atoms. The molecule has 1 unspecified atom stereocenters. The molecule has 29 heavy (non-hydrogen) atoms. The van der Waals surface area contributed by atoms with Gasteiger partial charge in [-0.3, -0.25) is 5.41 Å². The smallest absolute Gasteiger partial charge is 0.203 e. The lowest BCUT2D eigenvalue weighted by atomic mass is 10.2. The molecule has 0 aliphatic rings. The number of imidazole rings is 1. The quantitative estimate of drug-likeness (QED) is 0.471. The number of rotatable bonds is 10. The van der Waals surface area contributed by atoms with Crippen molar-refractivity contribution in [3.63, 3.8) is 0 Å². The van der Waals surface area contributed by atoms with Crippen LogP contribution in [-0.2, 0) is 13.1 Å². The highest BCUT2D eigenvalue weighted by Gasteiger charge is 2.14. The first-order chi connectivity index (χ1) is 13.6. The molecule has 0 spiro atoms. The summed E-state index contributed by atoms with van der Waals surface area (Å²) in [6, 6.07) is 15.9. The van der Waals surface area contributed by atoms with E-state index in [0.29, 0.717) is 12.2 Å². The molecule has 0 saturated carbocycles. The van der Waals surface area contributed by atoms with Crippen molar-refractivity contribution in [3.05, 3.63) is 59.7 Å². The second kappa shape index (κ2) is 11.1. The number of benzene rings is 2. The Morgan fingerprint density at radius 1 is 1.00 bits per heavy atom. The molecule has 1 atom stereocenters. The standard InChI is InChI=1S/C23H31N3O2.ClH/c1-3-4-5-8-14-25-21-12-6-7-13-22(21)26(23(25)24)16-19(27)17-28-20-11-9-10-18(2)15-20;/h6-7,9-13,15,19,24,27H,3-5,8,14,16-17H2,1-2H3;1H. The van der Waals surface area contributed by atoms with Crippen molar-refractivity contribution < 1.29 is 9.84 Å². The van der Waals surface area contributed by atoms with Gasteiger partial charge in [0, 0.05) is 6.54 Å². The topological polar surface area (TPSA) is 63.2 Å². The van der Waals surface area contributed by atoms with Crippen molar-refractivity contribution in [2.24, 2.45) is 0 Å². The molecule has 0 aliphatic heterocycles. The highest BCUT2D eigenvalue weighted by atomic mass is 35.5. The van der Waals surface area contributed by atoms with Crippen LogP contribution in [-0.4, -0.2) is 27.0 Å². The van der Waals surface area contributed by atoms with Crippen molar-refractivity contribution in [2.75, 3.05) is 6.61 Å². The van der Waals surface area contributed by atoms with Crippen molar-refractivity contribution in [2.45, 2.75) is 58.7 Å². The minimum Gasteiger partial charge on any atom is -0.491 e. The van der Waals surface area contributed by atoms with Gasteiger partial charge in [0.15, 0.2) is 0 Å². The van der Waals surface area contributed by atoms with E-state index >= 15 is 0 Å². The van der Waals surface area contributed by atoms with Crippen LogP contribution in [0.4, 0.5) is 0 Å².